The first kappa shape index (κ1) is 32.4. The summed E-state index contributed by atoms with van der Waals surface area (Å²) in [6, 6.07) is 3.08. The third-order valence-electron chi connectivity index (χ3n) is 7.15. The maximum absolute atomic E-state index is 13.4. The summed E-state index contributed by atoms with van der Waals surface area (Å²) in [5, 5.41) is 0. The van der Waals surface area contributed by atoms with Crippen molar-refractivity contribution in [3.63, 3.8) is 0 Å². The van der Waals surface area contributed by atoms with Crippen molar-refractivity contribution in [1.82, 2.24) is 9.80 Å². The van der Waals surface area contributed by atoms with E-state index in [1.165, 1.54) is 19.9 Å². The molecule has 2 aliphatic heterocycles. The van der Waals surface area contributed by atoms with Gasteiger partial charge in [-0.25, -0.2) is 4.79 Å². The number of hydrogen-bond acceptors (Lipinski definition) is 5. The molecule has 0 saturated carbocycles. The van der Waals surface area contributed by atoms with E-state index in [4.69, 9.17) is 4.74 Å². The molecular weight excluding hydrogens is 575 g/mol. The van der Waals surface area contributed by atoms with Gasteiger partial charge in [0.1, 0.15) is 0 Å². The highest BCUT2D eigenvalue weighted by Crippen LogP contribution is 2.41. The Morgan fingerprint density at radius 3 is 2.15 bits per heavy atom. The zero-order chi connectivity index (χ0) is 30.9. The average Bonchev–Trinajstić information content (AvgIpc) is 3.21. The van der Waals surface area contributed by atoms with Crippen LogP contribution in [-0.2, 0) is 27.0 Å². The molecule has 41 heavy (non-hydrogen) atoms. The van der Waals surface area contributed by atoms with Gasteiger partial charge in [-0.2, -0.15) is 39.5 Å². The summed E-state index contributed by atoms with van der Waals surface area (Å²) in [5.74, 6) is 5.31. The Morgan fingerprint density at radius 2 is 1.61 bits per heavy atom. The van der Waals surface area contributed by atoms with Gasteiger partial charge in [0, 0.05) is 30.7 Å². The second-order valence-electron chi connectivity index (χ2n) is 10.4. The number of hydrogen-bond donors (Lipinski definition) is 0. The van der Waals surface area contributed by atoms with Crippen molar-refractivity contribution >= 4 is 12.6 Å². The number of ether oxygens (including phenoxy) is 2. The topological polar surface area (TPSA) is 59.1 Å². The molecule has 1 spiro atoms. The fourth-order valence-corrected chi connectivity index (χ4v) is 4.99. The lowest BCUT2D eigenvalue weighted by atomic mass is 9.84. The van der Waals surface area contributed by atoms with E-state index in [0.717, 1.165) is 17.0 Å². The molecule has 2 heterocycles. The number of carbonyl (C=O) groups excluding carboxylic acids is 2. The lowest BCUT2D eigenvalue weighted by Crippen LogP contribution is -2.54. The highest BCUT2D eigenvalue weighted by molar-refractivity contribution is 5.68. The molecule has 0 atom stereocenters. The first-order chi connectivity index (χ1) is 18.8. The Bertz CT molecular complexity index is 1160. The molecule has 2 saturated heterocycles. The fraction of sp³-hybridized carbons (Fsp3) is 0.615. The second-order valence-corrected chi connectivity index (χ2v) is 10.4. The summed E-state index contributed by atoms with van der Waals surface area (Å²) in [7, 11) is 0. The minimum absolute atomic E-state index is 0.0517. The molecule has 15 heteroatoms. The molecule has 1 aromatic carbocycles. The Kier molecular flexibility index (Phi) is 9.17. The first-order valence-corrected chi connectivity index (χ1v) is 12.5. The molecule has 0 unspecified atom stereocenters. The molecule has 0 radical (unpaired) electrons. The van der Waals surface area contributed by atoms with Gasteiger partial charge in [0.2, 0.25) is 0 Å². The summed E-state index contributed by atoms with van der Waals surface area (Å²) < 4.78 is 126. The minimum atomic E-state index is -5.83. The molecular formula is C26H27F9N2O4. The molecule has 3 rings (SSSR count). The van der Waals surface area contributed by atoms with Crippen LogP contribution in [0.15, 0.2) is 18.2 Å². The van der Waals surface area contributed by atoms with E-state index in [9.17, 15) is 49.1 Å². The Balaban J connectivity index is 1.79. The molecule has 0 N–H and O–H groups in total. The van der Waals surface area contributed by atoms with Gasteiger partial charge in [-0.3, -0.25) is 9.69 Å². The fourth-order valence-electron chi connectivity index (χ4n) is 4.99. The number of piperidine rings is 1. The van der Waals surface area contributed by atoms with Crippen LogP contribution in [0.25, 0.3) is 0 Å². The van der Waals surface area contributed by atoms with Gasteiger partial charge in [0.15, 0.2) is 5.60 Å². The van der Waals surface area contributed by atoms with E-state index >= 15 is 0 Å². The van der Waals surface area contributed by atoms with E-state index in [2.05, 4.69) is 16.6 Å². The lowest BCUT2D eigenvalue weighted by Gasteiger charge is -2.45. The summed E-state index contributed by atoms with van der Waals surface area (Å²) >= 11 is 0. The number of carbonyl (C=O) groups is 2. The van der Waals surface area contributed by atoms with Crippen molar-refractivity contribution in [2.45, 2.75) is 81.8 Å². The van der Waals surface area contributed by atoms with Gasteiger partial charge in [-0.15, -0.1) is 0 Å². The number of amides is 1. The third-order valence-corrected chi connectivity index (χ3v) is 7.15. The number of rotatable bonds is 5. The maximum Gasteiger partial charge on any atom is 0.434 e. The molecule has 0 bridgehead atoms. The van der Waals surface area contributed by atoms with Crippen LogP contribution in [0.3, 0.4) is 0 Å². The van der Waals surface area contributed by atoms with Crippen molar-refractivity contribution in [2.24, 2.45) is 0 Å². The van der Waals surface area contributed by atoms with Crippen molar-refractivity contribution < 1.29 is 58.6 Å². The van der Waals surface area contributed by atoms with Crippen molar-refractivity contribution in [3.8, 4) is 11.8 Å². The molecule has 2 aliphatic rings. The largest absolute Gasteiger partial charge is 0.449 e. The smallest absolute Gasteiger partial charge is 0.434 e. The zero-order valence-corrected chi connectivity index (χ0v) is 22.0. The summed E-state index contributed by atoms with van der Waals surface area (Å²) in [4.78, 5) is 25.7. The van der Waals surface area contributed by atoms with Gasteiger partial charge < -0.3 is 14.4 Å². The molecule has 6 nitrogen and oxygen atoms in total. The standard InChI is InChI=1S/C26H27F9N2O4/c1-22(2,40-16-38)8-6-17-14-19(24(27,28)29)5-4-18(17)15-37-11-3-7-23(37)9-12-36(13-10-23)21(39)41-20(25(30,31)32)26(33,34)35/h4-5,14,16,20H,3,7,9-13,15H2,1-2H3. The van der Waals surface area contributed by atoms with Crippen molar-refractivity contribution in [2.75, 3.05) is 19.6 Å². The third kappa shape index (κ3) is 7.99. The highest BCUT2D eigenvalue weighted by atomic mass is 19.4. The van der Waals surface area contributed by atoms with E-state index in [-0.39, 0.29) is 44.5 Å². The number of alkyl halides is 9. The number of halogens is 9. The normalized spacial score (nSPS) is 18.3. The molecule has 1 aromatic rings. The van der Waals surface area contributed by atoms with Crippen molar-refractivity contribution in [1.29, 1.82) is 0 Å². The van der Waals surface area contributed by atoms with Crippen LogP contribution >= 0.6 is 0 Å². The van der Waals surface area contributed by atoms with Gasteiger partial charge in [0.25, 0.3) is 12.6 Å². The SMILES string of the molecule is CC(C)(C#Cc1cc(C(F)(F)F)ccc1CN1CCCC12CCN(C(=O)OC(C(F)(F)F)C(F)(F)F)CC2)OC=O. The second kappa shape index (κ2) is 11.6. The number of benzene rings is 1. The van der Waals surface area contributed by atoms with Crippen molar-refractivity contribution in [3.05, 3.63) is 34.9 Å². The van der Waals surface area contributed by atoms with Crippen LogP contribution in [0.2, 0.25) is 0 Å². The van der Waals surface area contributed by atoms with E-state index in [0.29, 0.717) is 24.9 Å². The number of nitrogens with zero attached hydrogens (tertiary/aromatic N) is 2. The van der Waals surface area contributed by atoms with Gasteiger partial charge in [-0.05, 0) is 63.8 Å². The van der Waals surface area contributed by atoms with Gasteiger partial charge in [0.05, 0.1) is 5.56 Å². The lowest BCUT2D eigenvalue weighted by molar-refractivity contribution is -0.308. The van der Waals surface area contributed by atoms with E-state index in [1.54, 1.807) is 0 Å². The predicted molar refractivity (Wildman–Crippen MR) is 125 cm³/mol. The molecule has 1 amide bonds. The molecule has 0 aromatic heterocycles. The first-order valence-electron chi connectivity index (χ1n) is 12.5. The summed E-state index contributed by atoms with van der Waals surface area (Å²) in [6.07, 6.45) is -20.6. The number of likely N-dealkylation sites (tertiary alicyclic amines) is 2. The van der Waals surface area contributed by atoms with E-state index < -0.39 is 47.4 Å². The van der Waals surface area contributed by atoms with Gasteiger partial charge >= 0.3 is 24.6 Å². The van der Waals surface area contributed by atoms with Crippen LogP contribution in [0.1, 0.15) is 56.2 Å². The van der Waals surface area contributed by atoms with Crippen LogP contribution in [0.5, 0.6) is 0 Å². The summed E-state index contributed by atoms with van der Waals surface area (Å²) in [6.45, 7) is 3.41. The maximum atomic E-state index is 13.4. The molecule has 0 aliphatic carbocycles. The average molecular weight is 602 g/mol. The molecule has 228 valence electrons. The highest BCUT2D eigenvalue weighted by Gasteiger charge is 2.60. The van der Waals surface area contributed by atoms with Crippen LogP contribution in [0, 0.1) is 11.8 Å². The predicted octanol–water partition coefficient (Wildman–Crippen LogP) is 6.07. The molecule has 2 fully saturated rings. The van der Waals surface area contributed by atoms with Crippen LogP contribution in [0.4, 0.5) is 44.3 Å². The van der Waals surface area contributed by atoms with E-state index in [1.807, 2.05) is 4.90 Å². The minimum Gasteiger partial charge on any atom is -0.449 e. The zero-order valence-electron chi connectivity index (χ0n) is 22.0. The quantitative estimate of drug-likeness (QED) is 0.233. The Labute approximate surface area is 229 Å². The Hall–Kier alpha value is -3.15. The van der Waals surface area contributed by atoms with Crippen LogP contribution < -0.4 is 0 Å². The Morgan fingerprint density at radius 1 is 1.00 bits per heavy atom. The monoisotopic (exact) mass is 602 g/mol. The van der Waals surface area contributed by atoms with Gasteiger partial charge in [-0.1, -0.05) is 17.9 Å². The summed E-state index contributed by atoms with van der Waals surface area (Å²) in [5.41, 5.74) is -2.30. The van der Waals surface area contributed by atoms with Crippen LogP contribution in [-0.4, -0.2) is 71.6 Å².